The van der Waals surface area contributed by atoms with E-state index in [0.717, 1.165) is 11.6 Å². The molecule has 1 aromatic heterocycles. The number of nitrogens with zero attached hydrogens (tertiary/aromatic N) is 1. The number of alkyl halides is 3. The molecular weight excluding hydrogens is 383 g/mol. The molecule has 0 saturated carbocycles. The van der Waals surface area contributed by atoms with Crippen molar-refractivity contribution in [2.45, 2.75) is 12.7 Å². The van der Waals surface area contributed by atoms with E-state index in [1.165, 1.54) is 18.4 Å². The Morgan fingerprint density at radius 2 is 2.11 bits per heavy atom. The van der Waals surface area contributed by atoms with E-state index in [9.17, 15) is 18.0 Å². The van der Waals surface area contributed by atoms with Crippen LogP contribution >= 0.6 is 11.6 Å². The van der Waals surface area contributed by atoms with Crippen LogP contribution < -0.4 is 4.74 Å². The Morgan fingerprint density at radius 3 is 2.81 bits per heavy atom. The Bertz CT molecular complexity index is 873. The number of rotatable bonds is 5. The number of fused-ring (bicyclic) bond motifs is 1. The first kappa shape index (κ1) is 19.1. The number of carbonyl (C=O) groups excluding carboxylic acids is 1. The van der Waals surface area contributed by atoms with E-state index in [-0.39, 0.29) is 18.9 Å². The fourth-order valence-corrected chi connectivity index (χ4v) is 2.75. The van der Waals surface area contributed by atoms with Gasteiger partial charge in [-0.15, -0.1) is 0 Å². The van der Waals surface area contributed by atoms with Gasteiger partial charge in [0, 0.05) is 16.7 Å². The molecule has 0 atom stereocenters. The minimum absolute atomic E-state index is 0.204. The number of furan rings is 1. The maximum atomic E-state index is 12.8. The smallest absolute Gasteiger partial charge is 0.406 e. The van der Waals surface area contributed by atoms with Crippen molar-refractivity contribution in [3.8, 4) is 5.75 Å². The summed E-state index contributed by atoms with van der Waals surface area (Å²) in [7, 11) is 0. The average Bonchev–Trinajstić information content (AvgIpc) is 3.10. The third kappa shape index (κ3) is 5.40. The molecule has 2 heterocycles. The fourth-order valence-electron chi connectivity index (χ4n) is 2.56. The first-order valence-corrected chi connectivity index (χ1v) is 8.37. The van der Waals surface area contributed by atoms with Crippen LogP contribution in [0.2, 0.25) is 5.02 Å². The largest absolute Gasteiger partial charge is 0.488 e. The van der Waals surface area contributed by atoms with Crippen LogP contribution in [-0.4, -0.2) is 30.1 Å². The zero-order valence-corrected chi connectivity index (χ0v) is 14.8. The number of ether oxygens (including phenoxy) is 1. The second-order valence-electron chi connectivity index (χ2n) is 5.91. The maximum Gasteiger partial charge on any atom is 0.406 e. The number of amides is 1. The lowest BCUT2D eigenvalue weighted by atomic mass is 10.1. The number of carbonyl (C=O) groups is 1. The number of hydrogen-bond donors (Lipinski definition) is 0. The molecule has 1 aliphatic heterocycles. The Kier molecular flexibility index (Phi) is 5.60. The first-order valence-electron chi connectivity index (χ1n) is 7.99. The molecule has 1 aromatic carbocycles. The van der Waals surface area contributed by atoms with E-state index in [1.807, 2.05) is 0 Å². The lowest BCUT2D eigenvalue weighted by Gasteiger charge is -2.22. The van der Waals surface area contributed by atoms with E-state index < -0.39 is 18.6 Å². The summed E-state index contributed by atoms with van der Waals surface area (Å²) in [5.41, 5.74) is 1.38. The molecule has 8 heteroatoms. The Balaban J connectivity index is 1.74. The third-order valence-electron chi connectivity index (χ3n) is 3.76. The van der Waals surface area contributed by atoms with Crippen molar-refractivity contribution in [1.82, 2.24) is 4.90 Å². The van der Waals surface area contributed by atoms with Crippen molar-refractivity contribution >= 4 is 23.6 Å². The van der Waals surface area contributed by atoms with E-state index in [2.05, 4.69) is 0 Å². The SMILES string of the molecule is O=C(/C=C/C1=Cc2cc(Cl)ccc2OC1)N(Cc1ccco1)CC(F)(F)F. The van der Waals surface area contributed by atoms with Crippen LogP contribution in [0.15, 0.2) is 58.7 Å². The molecule has 1 aliphatic rings. The van der Waals surface area contributed by atoms with Gasteiger partial charge >= 0.3 is 6.18 Å². The molecule has 27 heavy (non-hydrogen) atoms. The molecule has 0 bridgehead atoms. The highest BCUT2D eigenvalue weighted by atomic mass is 35.5. The number of halogens is 4. The van der Waals surface area contributed by atoms with Crippen LogP contribution in [-0.2, 0) is 11.3 Å². The van der Waals surface area contributed by atoms with Gasteiger partial charge in [-0.05, 0) is 42.0 Å². The summed E-state index contributed by atoms with van der Waals surface area (Å²) >= 11 is 5.94. The van der Waals surface area contributed by atoms with Gasteiger partial charge in [-0.2, -0.15) is 13.2 Å². The van der Waals surface area contributed by atoms with Crippen molar-refractivity contribution in [3.63, 3.8) is 0 Å². The summed E-state index contributed by atoms with van der Waals surface area (Å²) in [5, 5.41) is 0.532. The number of benzene rings is 1. The molecular formula is C19H15ClF3NO3. The summed E-state index contributed by atoms with van der Waals surface area (Å²) in [6.45, 7) is -1.44. The van der Waals surface area contributed by atoms with Crippen LogP contribution in [0.4, 0.5) is 13.2 Å². The molecule has 0 N–H and O–H groups in total. The molecule has 3 rings (SSSR count). The number of hydrogen-bond acceptors (Lipinski definition) is 3. The summed E-state index contributed by atoms with van der Waals surface area (Å²) in [6.07, 6.45) is 1.14. The minimum Gasteiger partial charge on any atom is -0.488 e. The Morgan fingerprint density at radius 1 is 1.30 bits per heavy atom. The van der Waals surface area contributed by atoms with Gasteiger partial charge in [-0.1, -0.05) is 17.7 Å². The molecule has 4 nitrogen and oxygen atoms in total. The van der Waals surface area contributed by atoms with E-state index in [1.54, 1.807) is 30.3 Å². The summed E-state index contributed by atoms with van der Waals surface area (Å²) in [6, 6.07) is 8.20. The van der Waals surface area contributed by atoms with Gasteiger partial charge in [-0.25, -0.2) is 0 Å². The van der Waals surface area contributed by atoms with Crippen LogP contribution in [0.3, 0.4) is 0 Å². The molecule has 0 aliphatic carbocycles. The van der Waals surface area contributed by atoms with Gasteiger partial charge in [0.1, 0.15) is 24.7 Å². The van der Waals surface area contributed by atoms with Crippen molar-refractivity contribution in [2.75, 3.05) is 13.2 Å². The molecule has 0 saturated heterocycles. The molecule has 1 amide bonds. The van der Waals surface area contributed by atoms with Gasteiger partial charge in [0.25, 0.3) is 0 Å². The monoisotopic (exact) mass is 397 g/mol. The fraction of sp³-hybridized carbons (Fsp3) is 0.211. The van der Waals surface area contributed by atoms with Crippen molar-refractivity contribution in [2.24, 2.45) is 0 Å². The summed E-state index contributed by atoms with van der Waals surface area (Å²) < 4.78 is 49.0. The third-order valence-corrected chi connectivity index (χ3v) is 3.99. The average molecular weight is 398 g/mol. The van der Waals surface area contributed by atoms with Gasteiger partial charge in [0.05, 0.1) is 12.8 Å². The van der Waals surface area contributed by atoms with Crippen molar-refractivity contribution in [1.29, 1.82) is 0 Å². The molecule has 0 spiro atoms. The first-order chi connectivity index (χ1) is 12.8. The predicted molar refractivity (Wildman–Crippen MR) is 94.2 cm³/mol. The lowest BCUT2D eigenvalue weighted by Crippen LogP contribution is -2.37. The van der Waals surface area contributed by atoms with Gasteiger partial charge in [0.2, 0.25) is 5.91 Å². The summed E-state index contributed by atoms with van der Waals surface area (Å²) in [4.78, 5) is 13.0. The van der Waals surface area contributed by atoms with Crippen LogP contribution in [0.5, 0.6) is 5.75 Å². The van der Waals surface area contributed by atoms with Gasteiger partial charge in [0.15, 0.2) is 0 Å². The van der Waals surface area contributed by atoms with Crippen LogP contribution in [0, 0.1) is 0 Å². The summed E-state index contributed by atoms with van der Waals surface area (Å²) in [5.74, 6) is 0.144. The maximum absolute atomic E-state index is 12.8. The molecule has 0 unspecified atom stereocenters. The second kappa shape index (κ2) is 7.92. The van der Waals surface area contributed by atoms with Crippen molar-refractivity contribution < 1.29 is 27.1 Å². The highest BCUT2D eigenvalue weighted by molar-refractivity contribution is 6.30. The van der Waals surface area contributed by atoms with E-state index >= 15 is 0 Å². The normalized spacial score (nSPS) is 13.9. The quantitative estimate of drug-likeness (QED) is 0.677. The standard InChI is InChI=1S/C19H15ClF3NO3/c20-15-4-5-17-14(9-15)8-13(11-27-17)3-6-18(25)24(12-19(21,22)23)10-16-2-1-7-26-16/h1-9H,10-12H2/b6-3+. The van der Waals surface area contributed by atoms with E-state index in [0.29, 0.717) is 21.2 Å². The van der Waals surface area contributed by atoms with Crippen molar-refractivity contribution in [3.05, 3.63) is 70.7 Å². The van der Waals surface area contributed by atoms with Gasteiger partial charge < -0.3 is 14.1 Å². The van der Waals surface area contributed by atoms with Crippen LogP contribution in [0.25, 0.3) is 6.08 Å². The zero-order chi connectivity index (χ0) is 19.4. The lowest BCUT2D eigenvalue weighted by molar-refractivity contribution is -0.159. The topological polar surface area (TPSA) is 42.7 Å². The van der Waals surface area contributed by atoms with E-state index in [4.69, 9.17) is 20.8 Å². The predicted octanol–water partition coefficient (Wildman–Crippen LogP) is 4.86. The molecule has 2 aromatic rings. The second-order valence-corrected chi connectivity index (χ2v) is 6.35. The van der Waals surface area contributed by atoms with Crippen LogP contribution in [0.1, 0.15) is 11.3 Å². The molecule has 0 fully saturated rings. The van der Waals surface area contributed by atoms with Gasteiger partial charge in [-0.3, -0.25) is 4.79 Å². The highest BCUT2D eigenvalue weighted by Gasteiger charge is 2.32. The Hall–Kier alpha value is -2.67. The molecule has 0 radical (unpaired) electrons. The zero-order valence-electron chi connectivity index (χ0n) is 14.0. The molecule has 142 valence electrons. The minimum atomic E-state index is -4.51. The highest BCUT2D eigenvalue weighted by Crippen LogP contribution is 2.29. The Labute approximate surface area is 158 Å².